The fraction of sp³-hybridized carbons (Fsp3) is 0.545. The van der Waals surface area contributed by atoms with E-state index in [-0.39, 0.29) is 30.2 Å². The highest BCUT2D eigenvalue weighted by Gasteiger charge is 2.45. The molecule has 2 N–H and O–H groups in total. The van der Waals surface area contributed by atoms with Crippen LogP contribution in [-0.4, -0.2) is 73.5 Å². The minimum Gasteiger partial charge on any atom is -0.494 e. The van der Waals surface area contributed by atoms with Crippen molar-refractivity contribution in [2.45, 2.75) is 56.9 Å². The summed E-state index contributed by atoms with van der Waals surface area (Å²) in [7, 11) is 0. The largest absolute Gasteiger partial charge is 0.494 e. The van der Waals surface area contributed by atoms with Gasteiger partial charge in [-0.1, -0.05) is 0 Å². The summed E-state index contributed by atoms with van der Waals surface area (Å²) in [5, 5.41) is 17.7. The summed E-state index contributed by atoms with van der Waals surface area (Å²) in [5.41, 5.74) is -2.30. The van der Waals surface area contributed by atoms with Crippen LogP contribution in [-0.2, 0) is 16.1 Å². The van der Waals surface area contributed by atoms with E-state index in [2.05, 4.69) is 10.4 Å². The number of aromatic nitrogens is 3. The molecule has 5 rings (SSSR count). The zero-order valence-corrected chi connectivity index (χ0v) is 18.3. The summed E-state index contributed by atoms with van der Waals surface area (Å²) in [6, 6.07) is -0.100. The lowest BCUT2D eigenvalue weighted by Gasteiger charge is -2.32. The minimum atomic E-state index is -1.53. The van der Waals surface area contributed by atoms with Crippen LogP contribution in [0.2, 0.25) is 0 Å². The Bertz CT molecular complexity index is 1210. The maximum atomic E-state index is 14.8. The third-order valence-corrected chi connectivity index (χ3v) is 6.34. The number of fused-ring (bicyclic) bond motifs is 1. The van der Waals surface area contributed by atoms with Crippen molar-refractivity contribution in [3.05, 3.63) is 33.8 Å². The van der Waals surface area contributed by atoms with Crippen LogP contribution in [0.15, 0.2) is 17.1 Å². The number of halogens is 1. The molecule has 2 aromatic rings. The Morgan fingerprint density at radius 3 is 2.82 bits per heavy atom. The number of amides is 2. The monoisotopic (exact) mass is 459 g/mol. The second kappa shape index (κ2) is 7.98. The molecule has 1 aliphatic heterocycles. The van der Waals surface area contributed by atoms with E-state index in [1.165, 1.54) is 22.9 Å². The van der Waals surface area contributed by atoms with Crippen LogP contribution in [0.3, 0.4) is 0 Å². The van der Waals surface area contributed by atoms with Crippen LogP contribution < -0.4 is 10.9 Å². The van der Waals surface area contributed by atoms with Crippen molar-refractivity contribution in [2.24, 2.45) is 0 Å². The molecule has 2 amide bonds. The number of nitrogens with one attached hydrogen (secondary N) is 1. The normalized spacial score (nSPS) is 22.1. The van der Waals surface area contributed by atoms with E-state index in [1.54, 1.807) is 4.90 Å². The number of carbonyl (C=O) groups is 2. The van der Waals surface area contributed by atoms with Gasteiger partial charge >= 0.3 is 0 Å². The lowest BCUT2D eigenvalue weighted by atomic mass is 10.2. The zero-order chi connectivity index (χ0) is 23.3. The molecule has 0 spiro atoms. The molecule has 0 unspecified atom stereocenters. The van der Waals surface area contributed by atoms with Crippen molar-refractivity contribution in [3.63, 3.8) is 0 Å². The highest BCUT2D eigenvalue weighted by Crippen LogP contribution is 2.42. The zero-order valence-electron chi connectivity index (χ0n) is 18.3. The van der Waals surface area contributed by atoms with Crippen molar-refractivity contribution in [3.8, 4) is 5.88 Å². The van der Waals surface area contributed by atoms with Gasteiger partial charge in [0.15, 0.2) is 5.56 Å². The van der Waals surface area contributed by atoms with Crippen molar-refractivity contribution in [1.82, 2.24) is 24.4 Å². The fourth-order valence-electron chi connectivity index (χ4n) is 4.05. The van der Waals surface area contributed by atoms with Gasteiger partial charge in [-0.2, -0.15) is 9.61 Å². The Morgan fingerprint density at radius 2 is 2.15 bits per heavy atom. The maximum absolute atomic E-state index is 14.8. The molecule has 33 heavy (non-hydrogen) atoms. The standard InChI is InChI=1S/C22H26FN5O5/c1-13-11-33-9-8-26(13)16(29)5-2-14-10-24-28-19(14)27(12-22(23)6-7-22)20(31)17(21(28)32)18(30)25-15-3-4-15/h2,5,10,13,15,31H,3-4,6-9,11-12H2,1H3,(H,25,30)/b5-2+/t13-/m1/s1. The average Bonchev–Trinajstić information content (AvgIpc) is 3.69. The van der Waals surface area contributed by atoms with E-state index in [9.17, 15) is 23.9 Å². The van der Waals surface area contributed by atoms with Gasteiger partial charge in [0.05, 0.1) is 32.0 Å². The summed E-state index contributed by atoms with van der Waals surface area (Å²) < 4.78 is 22.3. The number of carbonyl (C=O) groups excluding carboxylic acids is 2. The molecule has 3 fully saturated rings. The number of alkyl halides is 1. The van der Waals surface area contributed by atoms with Gasteiger partial charge in [-0.3, -0.25) is 19.0 Å². The molecule has 2 saturated carbocycles. The molecule has 1 atom stereocenters. The minimum absolute atomic E-state index is 0.0268. The number of hydrogen-bond donors (Lipinski definition) is 2. The molecular formula is C22H26FN5O5. The molecule has 3 heterocycles. The number of nitrogens with zero attached hydrogens (tertiary/aromatic N) is 4. The van der Waals surface area contributed by atoms with E-state index in [4.69, 9.17) is 4.74 Å². The Balaban J connectivity index is 1.55. The van der Waals surface area contributed by atoms with Crippen LogP contribution in [0.25, 0.3) is 11.7 Å². The first-order valence-corrected chi connectivity index (χ1v) is 11.2. The van der Waals surface area contributed by atoms with E-state index in [0.717, 1.165) is 17.4 Å². The number of morpholine rings is 1. The first kappa shape index (κ1) is 21.6. The third kappa shape index (κ3) is 4.12. The van der Waals surface area contributed by atoms with E-state index < -0.39 is 28.6 Å². The van der Waals surface area contributed by atoms with Crippen LogP contribution in [0.5, 0.6) is 5.88 Å². The van der Waals surface area contributed by atoms with E-state index >= 15 is 0 Å². The van der Waals surface area contributed by atoms with Crippen molar-refractivity contribution in [1.29, 1.82) is 0 Å². The number of aromatic hydroxyl groups is 1. The first-order chi connectivity index (χ1) is 15.8. The highest BCUT2D eigenvalue weighted by atomic mass is 19.1. The smallest absolute Gasteiger partial charge is 0.291 e. The van der Waals surface area contributed by atoms with Crippen LogP contribution >= 0.6 is 0 Å². The quantitative estimate of drug-likeness (QED) is 0.619. The van der Waals surface area contributed by atoms with Gasteiger partial charge in [-0.15, -0.1) is 0 Å². The predicted octanol–water partition coefficient (Wildman–Crippen LogP) is 0.856. The van der Waals surface area contributed by atoms with Crippen LogP contribution in [0.4, 0.5) is 4.39 Å². The number of ether oxygens (including phenoxy) is 1. The fourth-order valence-corrected chi connectivity index (χ4v) is 4.05. The molecule has 10 nitrogen and oxygen atoms in total. The molecule has 11 heteroatoms. The Morgan fingerprint density at radius 1 is 1.39 bits per heavy atom. The lowest BCUT2D eigenvalue weighted by molar-refractivity contribution is -0.133. The average molecular weight is 459 g/mol. The molecule has 2 aliphatic carbocycles. The van der Waals surface area contributed by atoms with Gasteiger partial charge in [0.25, 0.3) is 11.5 Å². The molecule has 0 bridgehead atoms. The Hall–Kier alpha value is -3.21. The van der Waals surface area contributed by atoms with E-state index in [1.807, 2.05) is 6.92 Å². The summed E-state index contributed by atoms with van der Waals surface area (Å²) in [6.45, 7) is 3.04. The van der Waals surface area contributed by atoms with Gasteiger partial charge in [-0.25, -0.2) is 4.39 Å². The van der Waals surface area contributed by atoms with Gasteiger partial charge < -0.3 is 20.1 Å². The second-order valence-corrected chi connectivity index (χ2v) is 9.11. The van der Waals surface area contributed by atoms with Gasteiger partial charge in [0, 0.05) is 24.2 Å². The maximum Gasteiger partial charge on any atom is 0.291 e. The third-order valence-electron chi connectivity index (χ3n) is 6.34. The van der Waals surface area contributed by atoms with Crippen LogP contribution in [0, 0.1) is 0 Å². The van der Waals surface area contributed by atoms with Crippen LogP contribution in [0.1, 0.15) is 48.5 Å². The van der Waals surface area contributed by atoms with Gasteiger partial charge in [-0.05, 0) is 38.7 Å². The first-order valence-electron chi connectivity index (χ1n) is 11.2. The Kier molecular flexibility index (Phi) is 5.23. The van der Waals surface area contributed by atoms with Gasteiger partial charge in [0.2, 0.25) is 11.8 Å². The summed E-state index contributed by atoms with van der Waals surface area (Å²) in [5.74, 6) is -1.53. The van der Waals surface area contributed by atoms with E-state index in [0.29, 0.717) is 38.2 Å². The molecule has 176 valence electrons. The van der Waals surface area contributed by atoms with Gasteiger partial charge in [0.1, 0.15) is 11.3 Å². The topological polar surface area (TPSA) is 118 Å². The number of rotatable bonds is 6. The van der Waals surface area contributed by atoms with Crippen molar-refractivity contribution >= 4 is 23.5 Å². The Labute approximate surface area is 188 Å². The summed E-state index contributed by atoms with van der Waals surface area (Å²) in [4.78, 5) is 40.0. The lowest BCUT2D eigenvalue weighted by Crippen LogP contribution is -2.46. The second-order valence-electron chi connectivity index (χ2n) is 9.11. The van der Waals surface area contributed by atoms with Crippen molar-refractivity contribution in [2.75, 3.05) is 19.8 Å². The molecule has 0 aromatic carbocycles. The molecule has 2 aromatic heterocycles. The molecule has 3 aliphatic rings. The molecular weight excluding hydrogens is 433 g/mol. The SMILES string of the molecule is C[C@@H]1COCCN1C(=O)/C=C/c1cnn2c(=O)c(C(=O)NC3CC3)c(O)n(CC3(F)CC3)c12. The molecule has 1 saturated heterocycles. The summed E-state index contributed by atoms with van der Waals surface area (Å²) in [6.07, 6.45) is 6.47. The predicted molar refractivity (Wildman–Crippen MR) is 116 cm³/mol. The van der Waals surface area contributed by atoms with Crippen molar-refractivity contribution < 1.29 is 23.8 Å². The summed E-state index contributed by atoms with van der Waals surface area (Å²) >= 11 is 0. The number of hydrogen-bond acceptors (Lipinski definition) is 6. The molecule has 0 radical (unpaired) electrons. The highest BCUT2D eigenvalue weighted by molar-refractivity contribution is 5.97.